The zero-order chi connectivity index (χ0) is 15.3. The average molecular weight is 285 g/mol. The molecule has 0 aromatic heterocycles. The summed E-state index contributed by atoms with van der Waals surface area (Å²) in [7, 11) is 0. The Balaban J connectivity index is 2.18. The largest absolute Gasteiger partial charge is 0.323 e. The maximum atomic E-state index is 5.20. The van der Waals surface area contributed by atoms with E-state index in [9.17, 15) is 0 Å². The summed E-state index contributed by atoms with van der Waals surface area (Å²) < 4.78 is 0. The molecule has 1 saturated carbocycles. The van der Waals surface area contributed by atoms with Crippen molar-refractivity contribution in [2.24, 2.45) is 15.9 Å². The minimum absolute atomic E-state index is 0.481. The first-order chi connectivity index (χ1) is 10.1. The summed E-state index contributed by atoms with van der Waals surface area (Å²) in [5, 5.41) is 3.60. The van der Waals surface area contributed by atoms with Crippen LogP contribution in [0.5, 0.6) is 0 Å². The highest BCUT2D eigenvalue weighted by Crippen LogP contribution is 2.52. The Morgan fingerprint density at radius 3 is 2.67 bits per heavy atom. The van der Waals surface area contributed by atoms with Gasteiger partial charge < -0.3 is 5.84 Å². The molecule has 0 heterocycles. The fourth-order valence-electron chi connectivity index (χ4n) is 3.02. The van der Waals surface area contributed by atoms with Crippen LogP contribution < -0.4 is 5.84 Å². The zero-order valence-electron chi connectivity index (χ0n) is 13.5. The Morgan fingerprint density at radius 2 is 2.10 bits per heavy atom. The summed E-state index contributed by atoms with van der Waals surface area (Å²) in [5.41, 5.74) is 5.61. The molecule has 0 saturated heterocycles. The maximum Gasteiger partial charge on any atom is 0.0747 e. The standard InChI is InChI=1S/C18H27N3/c1-4-6-16-11-15(13-20-12-14(3)21-19)7-8-17(16)18(5-2)9-10-18/h7-8,11-12H,4-6,9-10,13,19H2,1-3H3/b20-12?,21-14-. The quantitative estimate of drug-likeness (QED) is 0.460. The van der Waals surface area contributed by atoms with Gasteiger partial charge in [0.05, 0.1) is 12.3 Å². The monoisotopic (exact) mass is 285 g/mol. The SMILES string of the molecule is CCCc1cc(CN=C/C(C)=N\N)ccc1C1(CC)CC1. The van der Waals surface area contributed by atoms with Crippen LogP contribution in [-0.4, -0.2) is 11.9 Å². The average Bonchev–Trinajstić information content (AvgIpc) is 3.28. The molecule has 0 bridgehead atoms. The van der Waals surface area contributed by atoms with E-state index in [0.29, 0.717) is 12.0 Å². The lowest BCUT2D eigenvalue weighted by molar-refractivity contribution is 0.652. The van der Waals surface area contributed by atoms with Crippen LogP contribution in [0.1, 0.15) is 63.1 Å². The van der Waals surface area contributed by atoms with Gasteiger partial charge in [-0.05, 0) is 54.7 Å². The van der Waals surface area contributed by atoms with Crippen molar-refractivity contribution in [2.45, 2.75) is 64.8 Å². The predicted molar refractivity (Wildman–Crippen MR) is 91.1 cm³/mol. The molecule has 1 aromatic rings. The smallest absolute Gasteiger partial charge is 0.0747 e. The Hall–Kier alpha value is -1.64. The molecule has 2 rings (SSSR count). The molecule has 0 aliphatic heterocycles. The Morgan fingerprint density at radius 1 is 1.33 bits per heavy atom. The molecule has 3 nitrogen and oxygen atoms in total. The van der Waals surface area contributed by atoms with Crippen molar-refractivity contribution in [1.82, 2.24) is 0 Å². The lowest BCUT2D eigenvalue weighted by Gasteiger charge is -2.18. The second-order valence-corrected chi connectivity index (χ2v) is 6.12. The van der Waals surface area contributed by atoms with Crippen LogP contribution in [0.2, 0.25) is 0 Å². The van der Waals surface area contributed by atoms with Gasteiger partial charge in [0, 0.05) is 6.21 Å². The molecule has 0 spiro atoms. The summed E-state index contributed by atoms with van der Waals surface area (Å²) >= 11 is 0. The van der Waals surface area contributed by atoms with E-state index in [2.05, 4.69) is 42.1 Å². The number of aliphatic imine (C=N–C) groups is 1. The van der Waals surface area contributed by atoms with Gasteiger partial charge in [-0.15, -0.1) is 0 Å². The van der Waals surface area contributed by atoms with E-state index in [1.54, 1.807) is 11.8 Å². The number of rotatable bonds is 7. The van der Waals surface area contributed by atoms with Crippen LogP contribution in [0, 0.1) is 0 Å². The van der Waals surface area contributed by atoms with Crippen molar-refractivity contribution in [3.63, 3.8) is 0 Å². The third kappa shape index (κ3) is 3.72. The molecule has 1 aliphatic rings. The van der Waals surface area contributed by atoms with E-state index in [0.717, 1.165) is 12.1 Å². The predicted octanol–water partition coefficient (Wildman–Crippen LogP) is 3.99. The first-order valence-corrected chi connectivity index (χ1v) is 8.01. The molecule has 21 heavy (non-hydrogen) atoms. The third-order valence-electron chi connectivity index (χ3n) is 4.55. The van der Waals surface area contributed by atoms with Gasteiger partial charge >= 0.3 is 0 Å². The van der Waals surface area contributed by atoms with Crippen molar-refractivity contribution in [1.29, 1.82) is 0 Å². The van der Waals surface area contributed by atoms with Gasteiger partial charge in [0.1, 0.15) is 0 Å². The second kappa shape index (κ2) is 6.88. The highest BCUT2D eigenvalue weighted by atomic mass is 15.1. The van der Waals surface area contributed by atoms with E-state index in [1.165, 1.54) is 36.8 Å². The molecule has 0 amide bonds. The van der Waals surface area contributed by atoms with Gasteiger partial charge in [-0.25, -0.2) is 0 Å². The minimum atomic E-state index is 0.481. The van der Waals surface area contributed by atoms with Crippen molar-refractivity contribution >= 4 is 11.9 Å². The molecule has 1 aromatic carbocycles. The van der Waals surface area contributed by atoms with Gasteiger partial charge in [0.2, 0.25) is 0 Å². The highest BCUT2D eigenvalue weighted by Gasteiger charge is 2.43. The van der Waals surface area contributed by atoms with E-state index >= 15 is 0 Å². The summed E-state index contributed by atoms with van der Waals surface area (Å²) in [6, 6.07) is 6.92. The number of benzene rings is 1. The van der Waals surface area contributed by atoms with E-state index in [4.69, 9.17) is 5.84 Å². The first kappa shape index (κ1) is 15.7. The molecule has 0 unspecified atom stereocenters. The molecule has 1 fully saturated rings. The highest BCUT2D eigenvalue weighted by molar-refractivity contribution is 6.29. The molecule has 2 N–H and O–H groups in total. The molecule has 114 valence electrons. The number of aryl methyl sites for hydroxylation is 1. The van der Waals surface area contributed by atoms with Crippen LogP contribution in [0.15, 0.2) is 28.3 Å². The molecule has 0 radical (unpaired) electrons. The normalized spacial score (nSPS) is 17.4. The Bertz CT molecular complexity index is 539. The Labute approximate surface area is 128 Å². The topological polar surface area (TPSA) is 50.7 Å². The molecule has 1 aliphatic carbocycles. The van der Waals surface area contributed by atoms with Gasteiger partial charge in [-0.2, -0.15) is 5.10 Å². The summed E-state index contributed by atoms with van der Waals surface area (Å²) in [6.45, 7) is 7.12. The number of nitrogens with zero attached hydrogens (tertiary/aromatic N) is 2. The Kier molecular flexibility index (Phi) is 5.16. The van der Waals surface area contributed by atoms with E-state index in [-0.39, 0.29) is 0 Å². The van der Waals surface area contributed by atoms with Crippen molar-refractivity contribution in [2.75, 3.05) is 0 Å². The fraction of sp³-hybridized carbons (Fsp3) is 0.556. The van der Waals surface area contributed by atoms with Crippen molar-refractivity contribution in [3.8, 4) is 0 Å². The number of nitrogens with two attached hydrogens (primary N) is 1. The summed E-state index contributed by atoms with van der Waals surface area (Å²) in [6.07, 6.45) is 8.05. The minimum Gasteiger partial charge on any atom is -0.323 e. The van der Waals surface area contributed by atoms with Crippen LogP contribution in [0.25, 0.3) is 0 Å². The lowest BCUT2D eigenvalue weighted by atomic mass is 9.86. The lowest BCUT2D eigenvalue weighted by Crippen LogP contribution is -2.09. The third-order valence-corrected chi connectivity index (χ3v) is 4.55. The van der Waals surface area contributed by atoms with Crippen LogP contribution >= 0.6 is 0 Å². The maximum absolute atomic E-state index is 5.20. The van der Waals surface area contributed by atoms with Gasteiger partial charge in [0.25, 0.3) is 0 Å². The van der Waals surface area contributed by atoms with Gasteiger partial charge in [-0.1, -0.05) is 38.5 Å². The van der Waals surface area contributed by atoms with Crippen LogP contribution in [-0.2, 0) is 18.4 Å². The summed E-state index contributed by atoms with van der Waals surface area (Å²) in [5.74, 6) is 5.20. The number of hydrogen-bond donors (Lipinski definition) is 1. The second-order valence-electron chi connectivity index (χ2n) is 6.12. The van der Waals surface area contributed by atoms with Crippen molar-refractivity contribution in [3.05, 3.63) is 34.9 Å². The summed E-state index contributed by atoms with van der Waals surface area (Å²) in [4.78, 5) is 4.41. The van der Waals surface area contributed by atoms with E-state index < -0.39 is 0 Å². The first-order valence-electron chi connectivity index (χ1n) is 8.01. The number of hydrogen-bond acceptors (Lipinski definition) is 3. The zero-order valence-corrected chi connectivity index (χ0v) is 13.5. The molecular weight excluding hydrogens is 258 g/mol. The van der Waals surface area contributed by atoms with E-state index in [1.807, 2.05) is 6.92 Å². The van der Waals surface area contributed by atoms with Crippen LogP contribution in [0.4, 0.5) is 0 Å². The van der Waals surface area contributed by atoms with Gasteiger partial charge in [0.15, 0.2) is 0 Å². The fourth-order valence-corrected chi connectivity index (χ4v) is 3.02. The van der Waals surface area contributed by atoms with Crippen molar-refractivity contribution < 1.29 is 0 Å². The number of hydrazone groups is 1. The molecule has 0 atom stereocenters. The van der Waals surface area contributed by atoms with Crippen LogP contribution in [0.3, 0.4) is 0 Å². The van der Waals surface area contributed by atoms with Gasteiger partial charge in [-0.3, -0.25) is 4.99 Å². The molecule has 3 heteroatoms. The molecular formula is C18H27N3.